The maximum atomic E-state index is 10.8. The summed E-state index contributed by atoms with van der Waals surface area (Å²) in [5, 5.41) is 3.17. The van der Waals surface area contributed by atoms with E-state index < -0.39 is 16.7 Å². The van der Waals surface area contributed by atoms with E-state index in [2.05, 4.69) is 14.5 Å². The first-order chi connectivity index (χ1) is 9.96. The fourth-order valence-corrected chi connectivity index (χ4v) is 2.29. The summed E-state index contributed by atoms with van der Waals surface area (Å²) in [6.07, 6.45) is 3.17. The Kier molecular flexibility index (Phi) is 4.94. The Bertz CT molecular complexity index is 628. The molecule has 21 heavy (non-hydrogen) atoms. The van der Waals surface area contributed by atoms with E-state index >= 15 is 0 Å². The van der Waals surface area contributed by atoms with Gasteiger partial charge in [-0.15, -0.1) is 0 Å². The van der Waals surface area contributed by atoms with E-state index in [1.165, 1.54) is 22.8 Å². The maximum absolute atomic E-state index is 10.8. The largest absolute Gasteiger partial charge is 0.447 e. The molecule has 0 aromatic heterocycles. The zero-order valence-electron chi connectivity index (χ0n) is 11.5. The van der Waals surface area contributed by atoms with Crippen molar-refractivity contribution in [1.29, 1.82) is 0 Å². The van der Waals surface area contributed by atoms with E-state index in [4.69, 9.17) is 4.55 Å². The van der Waals surface area contributed by atoms with Crippen molar-refractivity contribution in [2.24, 2.45) is 4.99 Å². The Morgan fingerprint density at radius 1 is 1.38 bits per heavy atom. The van der Waals surface area contributed by atoms with Crippen molar-refractivity contribution in [1.82, 2.24) is 10.2 Å². The van der Waals surface area contributed by atoms with Gasteiger partial charge in [-0.05, 0) is 12.0 Å². The molecular formula is C13H17N3O4S. The zero-order chi connectivity index (χ0) is 15.3. The smallest absolute Gasteiger partial charge is 0.343 e. The molecule has 1 aromatic rings. The average Bonchev–Trinajstić information content (AvgIpc) is 2.43. The number of benzene rings is 1. The molecule has 0 fully saturated rings. The minimum Gasteiger partial charge on any atom is -0.343 e. The van der Waals surface area contributed by atoms with Crippen molar-refractivity contribution in [2.75, 3.05) is 13.6 Å². The van der Waals surface area contributed by atoms with Gasteiger partial charge in [-0.1, -0.05) is 30.3 Å². The molecule has 1 aliphatic rings. The van der Waals surface area contributed by atoms with Gasteiger partial charge in [0.05, 0.1) is 0 Å². The Hall–Kier alpha value is -1.90. The third-order valence-electron chi connectivity index (χ3n) is 2.93. The van der Waals surface area contributed by atoms with Gasteiger partial charge >= 0.3 is 10.4 Å². The van der Waals surface area contributed by atoms with E-state index in [1.807, 2.05) is 30.3 Å². The van der Waals surface area contributed by atoms with Crippen LogP contribution in [0.4, 0.5) is 0 Å². The second-order valence-corrected chi connectivity index (χ2v) is 5.51. The van der Waals surface area contributed by atoms with Crippen molar-refractivity contribution in [3.8, 4) is 0 Å². The lowest BCUT2D eigenvalue weighted by Gasteiger charge is -2.30. The first-order valence-corrected chi connectivity index (χ1v) is 7.73. The Morgan fingerprint density at radius 2 is 2.10 bits per heavy atom. The fraction of sp³-hybridized carbons (Fsp3) is 0.308. The van der Waals surface area contributed by atoms with Gasteiger partial charge in [0.1, 0.15) is 0 Å². The monoisotopic (exact) mass is 311 g/mol. The molecule has 0 saturated carbocycles. The summed E-state index contributed by atoms with van der Waals surface area (Å²) < 4.78 is 34.7. The van der Waals surface area contributed by atoms with Crippen LogP contribution in [0.3, 0.4) is 0 Å². The van der Waals surface area contributed by atoms with Crippen LogP contribution in [0.15, 0.2) is 47.3 Å². The van der Waals surface area contributed by atoms with E-state index in [1.54, 1.807) is 7.05 Å². The van der Waals surface area contributed by atoms with Gasteiger partial charge in [-0.2, -0.15) is 8.42 Å². The van der Waals surface area contributed by atoms with Crippen LogP contribution < -0.4 is 5.32 Å². The highest BCUT2D eigenvalue weighted by molar-refractivity contribution is 7.81. The number of hydrogen-bond acceptors (Lipinski definition) is 6. The number of rotatable bonds is 6. The number of hydrogen-bond donors (Lipinski definition) is 2. The molecule has 1 aromatic carbocycles. The summed E-state index contributed by atoms with van der Waals surface area (Å²) in [5.74, 6) is 0.00436. The molecule has 2 N–H and O–H groups in total. The van der Waals surface area contributed by atoms with E-state index in [0.29, 0.717) is 6.54 Å². The van der Waals surface area contributed by atoms with Gasteiger partial charge in [0, 0.05) is 25.9 Å². The number of aliphatic imine (C=N–C) groups is 1. The summed E-state index contributed by atoms with van der Waals surface area (Å²) in [5.41, 5.74) is 1.19. The average molecular weight is 311 g/mol. The van der Waals surface area contributed by atoms with Crippen molar-refractivity contribution >= 4 is 16.6 Å². The third-order valence-corrected chi connectivity index (χ3v) is 3.31. The van der Waals surface area contributed by atoms with Crippen molar-refractivity contribution < 1.29 is 17.2 Å². The van der Waals surface area contributed by atoms with Crippen LogP contribution in [0.25, 0.3) is 0 Å². The molecule has 1 heterocycles. The van der Waals surface area contributed by atoms with E-state index in [9.17, 15) is 8.42 Å². The van der Waals surface area contributed by atoms with E-state index in [-0.39, 0.29) is 5.88 Å². The highest BCUT2D eigenvalue weighted by atomic mass is 32.3. The van der Waals surface area contributed by atoms with Crippen LogP contribution in [0, 0.1) is 0 Å². The molecule has 0 aliphatic carbocycles. The Morgan fingerprint density at radius 3 is 2.76 bits per heavy atom. The lowest BCUT2D eigenvalue weighted by Crippen LogP contribution is -2.44. The van der Waals surface area contributed by atoms with Crippen molar-refractivity contribution in [3.63, 3.8) is 0 Å². The van der Waals surface area contributed by atoms with Crippen molar-refractivity contribution in [2.45, 2.75) is 12.7 Å². The second-order valence-electron chi connectivity index (χ2n) is 4.49. The first kappa shape index (κ1) is 15.5. The maximum Gasteiger partial charge on any atom is 0.447 e. The highest BCUT2D eigenvalue weighted by Crippen LogP contribution is 2.13. The quantitative estimate of drug-likeness (QED) is 0.754. The van der Waals surface area contributed by atoms with Gasteiger partial charge in [0.15, 0.2) is 6.29 Å². The first-order valence-electron chi connectivity index (χ1n) is 6.36. The summed E-state index contributed by atoms with van der Waals surface area (Å²) in [6, 6.07) is 9.96. The molecular weight excluding hydrogens is 294 g/mol. The van der Waals surface area contributed by atoms with Crippen LogP contribution in [-0.2, 0) is 21.0 Å². The SMILES string of the molecule is CN1C(OS(=O)(=O)O)=CC=NC1NCCc1ccccc1. The summed E-state index contributed by atoms with van der Waals surface area (Å²) in [6.45, 7) is 0.662. The molecule has 0 amide bonds. The number of nitrogens with zero attached hydrogens (tertiary/aromatic N) is 2. The predicted molar refractivity (Wildman–Crippen MR) is 78.9 cm³/mol. The van der Waals surface area contributed by atoms with Crippen LogP contribution in [0.2, 0.25) is 0 Å². The standard InChI is InChI=1S/C13H17N3O4S/c1-16-12(20-21(17,18)19)8-10-15-13(16)14-9-7-11-5-3-2-4-6-11/h2-6,8,10,13-14H,7,9H2,1H3,(H,17,18,19). The molecule has 0 bridgehead atoms. The molecule has 7 nitrogen and oxygen atoms in total. The molecule has 0 saturated heterocycles. The summed E-state index contributed by atoms with van der Waals surface area (Å²) in [7, 11) is -2.92. The van der Waals surface area contributed by atoms with E-state index in [0.717, 1.165) is 6.42 Å². The Balaban J connectivity index is 1.87. The van der Waals surface area contributed by atoms with Crippen molar-refractivity contribution in [3.05, 3.63) is 47.9 Å². The molecule has 0 spiro atoms. The minimum atomic E-state index is -4.54. The van der Waals surface area contributed by atoms with Gasteiger partial charge in [-0.3, -0.25) is 14.9 Å². The zero-order valence-corrected chi connectivity index (χ0v) is 12.3. The molecule has 2 rings (SSSR count). The van der Waals surface area contributed by atoms with Gasteiger partial charge in [-0.25, -0.2) is 0 Å². The topological polar surface area (TPSA) is 91.2 Å². The number of allylic oxidation sites excluding steroid dienone is 1. The molecule has 0 radical (unpaired) electrons. The molecule has 8 heteroatoms. The van der Waals surface area contributed by atoms with Crippen LogP contribution in [0.5, 0.6) is 0 Å². The highest BCUT2D eigenvalue weighted by Gasteiger charge is 2.22. The van der Waals surface area contributed by atoms with Crippen LogP contribution in [0.1, 0.15) is 5.56 Å². The lowest BCUT2D eigenvalue weighted by molar-refractivity contribution is 0.166. The molecule has 1 unspecified atom stereocenters. The van der Waals surface area contributed by atoms with Crippen LogP contribution in [-0.4, -0.2) is 44.0 Å². The lowest BCUT2D eigenvalue weighted by atomic mass is 10.1. The van der Waals surface area contributed by atoms with Gasteiger partial charge in [0.2, 0.25) is 5.88 Å². The number of nitrogens with one attached hydrogen (secondary N) is 1. The molecule has 114 valence electrons. The normalized spacial score (nSPS) is 18.5. The van der Waals surface area contributed by atoms with Gasteiger partial charge in [0.25, 0.3) is 0 Å². The third kappa shape index (κ3) is 4.85. The molecule has 1 atom stereocenters. The fourth-order valence-electron chi connectivity index (χ4n) is 1.90. The second kappa shape index (κ2) is 6.70. The summed E-state index contributed by atoms with van der Waals surface area (Å²) >= 11 is 0. The Labute approximate surface area is 123 Å². The minimum absolute atomic E-state index is 0.00436. The predicted octanol–water partition coefficient (Wildman–Crippen LogP) is 0.779. The molecule has 1 aliphatic heterocycles. The van der Waals surface area contributed by atoms with Crippen LogP contribution >= 0.6 is 0 Å². The summed E-state index contributed by atoms with van der Waals surface area (Å²) in [4.78, 5) is 5.66. The van der Waals surface area contributed by atoms with Gasteiger partial charge < -0.3 is 9.08 Å².